The second-order valence-corrected chi connectivity index (χ2v) is 6.06. The maximum absolute atomic E-state index is 5.94. The van der Waals surface area contributed by atoms with Gasteiger partial charge in [0, 0.05) is 24.1 Å². The van der Waals surface area contributed by atoms with Crippen LogP contribution in [0.1, 0.15) is 43.8 Å². The second-order valence-electron chi connectivity index (χ2n) is 5.20. The van der Waals surface area contributed by atoms with E-state index < -0.39 is 0 Å². The molecule has 1 N–H and O–H groups in total. The molecule has 1 aromatic heterocycles. The Hall–Kier alpha value is -0.450. The third-order valence-electron chi connectivity index (χ3n) is 3.91. The zero-order chi connectivity index (χ0) is 12.5. The van der Waals surface area contributed by atoms with Crippen LogP contribution in [0.4, 0.5) is 0 Å². The molecular formula is C13H22N2OS. The van der Waals surface area contributed by atoms with E-state index >= 15 is 0 Å². The van der Waals surface area contributed by atoms with Gasteiger partial charge >= 0.3 is 0 Å². The van der Waals surface area contributed by atoms with E-state index in [1.165, 1.54) is 5.01 Å². The van der Waals surface area contributed by atoms with Crippen molar-refractivity contribution in [3.63, 3.8) is 0 Å². The lowest BCUT2D eigenvalue weighted by molar-refractivity contribution is -0.102. The van der Waals surface area contributed by atoms with Gasteiger partial charge in [-0.15, -0.1) is 11.3 Å². The fraction of sp³-hybridized carbons (Fsp3) is 0.769. The van der Waals surface area contributed by atoms with Crippen molar-refractivity contribution >= 4 is 11.3 Å². The first-order chi connectivity index (χ1) is 8.03. The molecule has 2 atom stereocenters. The van der Waals surface area contributed by atoms with Crippen molar-refractivity contribution in [3.8, 4) is 0 Å². The Bertz CT molecular complexity index is 393. The first-order valence-corrected chi connectivity index (χ1v) is 7.17. The van der Waals surface area contributed by atoms with Crippen LogP contribution in [0.25, 0.3) is 0 Å². The molecule has 1 aliphatic rings. The summed E-state index contributed by atoms with van der Waals surface area (Å²) in [5, 5.41) is 6.85. The number of rotatable bonds is 3. The number of aromatic nitrogens is 1. The first kappa shape index (κ1) is 13.0. The standard InChI is InChI=1S/C13H22N2OS/c1-5-12(3)9-13(14-4,6-7-16-12)11-15-10(2)8-17-11/h8,14H,5-7,9H2,1-4H3. The molecule has 0 aliphatic carbocycles. The Balaban J connectivity index is 2.31. The summed E-state index contributed by atoms with van der Waals surface area (Å²) in [6, 6.07) is 0. The lowest BCUT2D eigenvalue weighted by atomic mass is 9.79. The van der Waals surface area contributed by atoms with Crippen molar-refractivity contribution in [2.45, 2.75) is 51.2 Å². The summed E-state index contributed by atoms with van der Waals surface area (Å²) >= 11 is 1.76. The van der Waals surface area contributed by atoms with Crippen LogP contribution in [0.3, 0.4) is 0 Å². The fourth-order valence-electron chi connectivity index (χ4n) is 2.55. The van der Waals surface area contributed by atoms with E-state index in [9.17, 15) is 0 Å². The molecule has 1 saturated heterocycles. The van der Waals surface area contributed by atoms with Gasteiger partial charge in [-0.05, 0) is 33.7 Å². The average molecular weight is 254 g/mol. The maximum Gasteiger partial charge on any atom is 0.113 e. The molecule has 0 bridgehead atoms. The molecule has 96 valence electrons. The van der Waals surface area contributed by atoms with Gasteiger partial charge in [0.15, 0.2) is 0 Å². The second kappa shape index (κ2) is 4.67. The van der Waals surface area contributed by atoms with Gasteiger partial charge in [0.1, 0.15) is 5.01 Å². The molecule has 0 radical (unpaired) electrons. The molecule has 1 aliphatic heterocycles. The van der Waals surface area contributed by atoms with Crippen molar-refractivity contribution in [2.24, 2.45) is 0 Å². The van der Waals surface area contributed by atoms with Crippen LogP contribution >= 0.6 is 11.3 Å². The van der Waals surface area contributed by atoms with Gasteiger partial charge < -0.3 is 10.1 Å². The van der Waals surface area contributed by atoms with Gasteiger partial charge in [-0.25, -0.2) is 4.98 Å². The van der Waals surface area contributed by atoms with Gasteiger partial charge in [0.2, 0.25) is 0 Å². The molecule has 4 heteroatoms. The monoisotopic (exact) mass is 254 g/mol. The van der Waals surface area contributed by atoms with Gasteiger partial charge in [0.25, 0.3) is 0 Å². The molecule has 17 heavy (non-hydrogen) atoms. The van der Waals surface area contributed by atoms with Crippen LogP contribution in [-0.4, -0.2) is 24.2 Å². The van der Waals surface area contributed by atoms with E-state index in [4.69, 9.17) is 4.74 Å². The van der Waals surface area contributed by atoms with Crippen molar-refractivity contribution in [2.75, 3.05) is 13.7 Å². The predicted molar refractivity (Wildman–Crippen MR) is 71.5 cm³/mol. The van der Waals surface area contributed by atoms with E-state index in [0.29, 0.717) is 0 Å². The SMILES string of the molecule is CCC1(C)CC(NC)(c2nc(C)cs2)CCO1. The Morgan fingerprint density at radius 3 is 2.88 bits per heavy atom. The Morgan fingerprint density at radius 1 is 1.59 bits per heavy atom. The summed E-state index contributed by atoms with van der Waals surface area (Å²) in [4.78, 5) is 4.68. The van der Waals surface area contributed by atoms with Crippen LogP contribution in [0.5, 0.6) is 0 Å². The zero-order valence-corrected chi connectivity index (χ0v) is 12.0. The van der Waals surface area contributed by atoms with Crippen LogP contribution < -0.4 is 5.32 Å². The molecular weight excluding hydrogens is 232 g/mol. The normalized spacial score (nSPS) is 33.9. The molecule has 1 fully saturated rings. The summed E-state index contributed by atoms with van der Waals surface area (Å²) in [7, 11) is 2.04. The van der Waals surface area contributed by atoms with Crippen molar-refractivity contribution < 1.29 is 4.74 Å². The van der Waals surface area contributed by atoms with Crippen molar-refractivity contribution in [3.05, 3.63) is 16.1 Å². The van der Waals surface area contributed by atoms with Crippen molar-refractivity contribution in [1.29, 1.82) is 0 Å². The lowest BCUT2D eigenvalue weighted by Crippen LogP contribution is -2.52. The molecule has 3 nitrogen and oxygen atoms in total. The van der Waals surface area contributed by atoms with Gasteiger partial charge in [-0.2, -0.15) is 0 Å². The minimum absolute atomic E-state index is 0.00192. The number of nitrogens with one attached hydrogen (secondary N) is 1. The largest absolute Gasteiger partial charge is 0.375 e. The van der Waals surface area contributed by atoms with Gasteiger partial charge in [-0.1, -0.05) is 6.92 Å². The van der Waals surface area contributed by atoms with E-state index in [1.54, 1.807) is 11.3 Å². The van der Waals surface area contributed by atoms with Crippen LogP contribution in [-0.2, 0) is 10.3 Å². The fourth-order valence-corrected chi connectivity index (χ4v) is 3.59. The topological polar surface area (TPSA) is 34.2 Å². The highest BCUT2D eigenvalue weighted by Crippen LogP contribution is 2.41. The number of hydrogen-bond acceptors (Lipinski definition) is 4. The number of ether oxygens (including phenoxy) is 1. The molecule has 0 aromatic carbocycles. The molecule has 0 amide bonds. The predicted octanol–water partition coefficient (Wildman–Crippen LogP) is 2.85. The molecule has 1 aromatic rings. The highest BCUT2D eigenvalue weighted by atomic mass is 32.1. The number of aryl methyl sites for hydroxylation is 1. The summed E-state index contributed by atoms with van der Waals surface area (Å²) in [5.41, 5.74) is 1.09. The van der Waals surface area contributed by atoms with E-state index in [1.807, 2.05) is 7.05 Å². The average Bonchev–Trinajstić information content (AvgIpc) is 2.76. The van der Waals surface area contributed by atoms with Crippen molar-refractivity contribution in [1.82, 2.24) is 10.3 Å². The molecule has 2 unspecified atom stereocenters. The van der Waals surface area contributed by atoms with Crippen LogP contribution in [0.2, 0.25) is 0 Å². The summed E-state index contributed by atoms with van der Waals surface area (Å²) in [6.07, 6.45) is 3.05. The summed E-state index contributed by atoms with van der Waals surface area (Å²) < 4.78 is 5.94. The number of hydrogen-bond donors (Lipinski definition) is 1. The quantitative estimate of drug-likeness (QED) is 0.900. The first-order valence-electron chi connectivity index (χ1n) is 6.29. The zero-order valence-electron chi connectivity index (χ0n) is 11.2. The highest BCUT2D eigenvalue weighted by Gasteiger charge is 2.44. The third-order valence-corrected chi connectivity index (χ3v) is 5.07. The van der Waals surface area contributed by atoms with E-state index in [2.05, 4.69) is 36.5 Å². The minimum Gasteiger partial charge on any atom is -0.375 e. The molecule has 0 spiro atoms. The summed E-state index contributed by atoms with van der Waals surface area (Å²) in [6.45, 7) is 7.27. The minimum atomic E-state index is -0.0269. The molecule has 0 saturated carbocycles. The smallest absolute Gasteiger partial charge is 0.113 e. The Kier molecular flexibility index (Phi) is 3.57. The third kappa shape index (κ3) is 2.39. The van der Waals surface area contributed by atoms with Crippen LogP contribution in [0.15, 0.2) is 5.38 Å². The Labute approximate surface area is 108 Å². The highest BCUT2D eigenvalue weighted by molar-refractivity contribution is 7.09. The Morgan fingerprint density at radius 2 is 2.35 bits per heavy atom. The van der Waals surface area contributed by atoms with Gasteiger partial charge in [-0.3, -0.25) is 0 Å². The van der Waals surface area contributed by atoms with E-state index in [-0.39, 0.29) is 11.1 Å². The lowest BCUT2D eigenvalue weighted by Gasteiger charge is -2.45. The van der Waals surface area contributed by atoms with E-state index in [0.717, 1.165) is 31.6 Å². The number of thiazole rings is 1. The summed E-state index contributed by atoms with van der Waals surface area (Å²) in [5.74, 6) is 0. The van der Waals surface area contributed by atoms with Gasteiger partial charge in [0.05, 0.1) is 11.1 Å². The van der Waals surface area contributed by atoms with Crippen LogP contribution in [0, 0.1) is 6.92 Å². The molecule has 2 rings (SSSR count). The maximum atomic E-state index is 5.94. The number of nitrogens with zero attached hydrogens (tertiary/aromatic N) is 1. The molecule has 2 heterocycles.